The summed E-state index contributed by atoms with van der Waals surface area (Å²) in [6.07, 6.45) is 1.43. The van der Waals surface area contributed by atoms with E-state index < -0.39 is 41.9 Å². The summed E-state index contributed by atoms with van der Waals surface area (Å²) >= 11 is 0. The predicted octanol–water partition coefficient (Wildman–Crippen LogP) is 4.73. The molecule has 0 bridgehead atoms. The average Bonchev–Trinajstić information content (AvgIpc) is 3.25. The molecule has 1 fully saturated rings. The second-order valence-corrected chi connectivity index (χ2v) is 10.5. The lowest BCUT2D eigenvalue weighted by molar-refractivity contribution is -0.497. The van der Waals surface area contributed by atoms with Crippen LogP contribution in [0.2, 0.25) is 0 Å². The average molecular weight is 626 g/mol. The van der Waals surface area contributed by atoms with Crippen molar-refractivity contribution in [2.75, 3.05) is 6.61 Å². The van der Waals surface area contributed by atoms with Crippen LogP contribution in [0.4, 0.5) is 13.2 Å². The number of rotatable bonds is 16. The van der Waals surface area contributed by atoms with E-state index in [0.29, 0.717) is 30.4 Å². The molecule has 0 aliphatic heterocycles. The molecular weight excluding hydrogens is 587 g/mol. The minimum atomic E-state index is -4.51. The number of unbranched alkanes of at least 4 members (excludes halogenated alkanes) is 1. The SMILES string of the molecule is O=C(CCC/C=C\C[C@@H]1[C@@H](/C=C/[C@@H](O)COc2cccc(C(F)(F)F)c2)[C@H](O)C[C@@H]1O)OCc1ccccc1CON(O)O. The fourth-order valence-corrected chi connectivity index (χ4v) is 4.89. The molecule has 0 amide bonds. The first-order valence-corrected chi connectivity index (χ1v) is 14.1. The molecule has 0 aromatic heterocycles. The first kappa shape index (κ1) is 35.2. The highest BCUT2D eigenvalue weighted by atomic mass is 19.4. The number of carbonyl (C=O) groups excluding carboxylic acids is 1. The van der Waals surface area contributed by atoms with E-state index in [4.69, 9.17) is 19.9 Å². The third-order valence-electron chi connectivity index (χ3n) is 7.22. The summed E-state index contributed by atoms with van der Waals surface area (Å²) in [5, 5.41) is 48.2. The van der Waals surface area contributed by atoms with Crippen LogP contribution in [0.15, 0.2) is 72.8 Å². The predicted molar refractivity (Wildman–Crippen MR) is 150 cm³/mol. The van der Waals surface area contributed by atoms with Crippen molar-refractivity contribution in [1.29, 1.82) is 0 Å². The summed E-state index contributed by atoms with van der Waals surface area (Å²) < 4.78 is 49.2. The van der Waals surface area contributed by atoms with Gasteiger partial charge in [0.2, 0.25) is 0 Å². The molecule has 13 heteroatoms. The van der Waals surface area contributed by atoms with Gasteiger partial charge in [0, 0.05) is 18.8 Å². The van der Waals surface area contributed by atoms with Crippen molar-refractivity contribution in [3.05, 3.63) is 89.5 Å². The van der Waals surface area contributed by atoms with E-state index in [2.05, 4.69) is 4.84 Å². The molecule has 0 radical (unpaired) electrons. The van der Waals surface area contributed by atoms with Crippen molar-refractivity contribution in [1.82, 2.24) is 5.39 Å². The molecule has 1 saturated carbocycles. The molecule has 0 unspecified atom stereocenters. The van der Waals surface area contributed by atoms with Crippen LogP contribution in [-0.2, 0) is 33.8 Å². The first-order chi connectivity index (χ1) is 20.9. The first-order valence-electron chi connectivity index (χ1n) is 14.1. The van der Waals surface area contributed by atoms with Gasteiger partial charge in [0.1, 0.15) is 25.1 Å². The van der Waals surface area contributed by atoms with E-state index in [0.717, 1.165) is 12.1 Å². The number of halogens is 3. The minimum Gasteiger partial charge on any atom is -0.491 e. The Bertz CT molecular complexity index is 1240. The molecule has 2 aromatic rings. The second kappa shape index (κ2) is 17.3. The molecule has 5 atom stereocenters. The third kappa shape index (κ3) is 11.7. The Hall–Kier alpha value is -3.30. The Morgan fingerprint density at radius 3 is 2.45 bits per heavy atom. The Morgan fingerprint density at radius 1 is 1.02 bits per heavy atom. The summed E-state index contributed by atoms with van der Waals surface area (Å²) in [4.78, 5) is 16.8. The summed E-state index contributed by atoms with van der Waals surface area (Å²) in [6.45, 7) is -0.398. The van der Waals surface area contributed by atoms with Gasteiger partial charge < -0.3 is 24.8 Å². The number of nitrogens with zero attached hydrogens (tertiary/aromatic N) is 1. The number of alkyl halides is 3. The van der Waals surface area contributed by atoms with Crippen LogP contribution in [0.5, 0.6) is 5.75 Å². The van der Waals surface area contributed by atoms with E-state index in [9.17, 15) is 33.3 Å². The number of hydrogen-bond acceptors (Lipinski definition) is 10. The van der Waals surface area contributed by atoms with Crippen LogP contribution in [-0.4, -0.2) is 62.0 Å². The van der Waals surface area contributed by atoms with Crippen molar-refractivity contribution in [3.63, 3.8) is 0 Å². The summed E-state index contributed by atoms with van der Waals surface area (Å²) in [6, 6.07) is 11.3. The normalized spacial score (nSPS) is 21.4. The Labute approximate surface area is 253 Å². The van der Waals surface area contributed by atoms with Crippen molar-refractivity contribution in [2.24, 2.45) is 11.8 Å². The lowest BCUT2D eigenvalue weighted by Gasteiger charge is -2.19. The molecule has 1 aliphatic carbocycles. The Balaban J connectivity index is 1.39. The van der Waals surface area contributed by atoms with Gasteiger partial charge in [-0.2, -0.15) is 13.2 Å². The van der Waals surface area contributed by atoms with Crippen molar-refractivity contribution >= 4 is 5.97 Å². The fraction of sp³-hybridized carbons (Fsp3) is 0.452. The Morgan fingerprint density at radius 2 is 1.75 bits per heavy atom. The summed E-state index contributed by atoms with van der Waals surface area (Å²) in [7, 11) is 0. The smallest absolute Gasteiger partial charge is 0.416 e. The van der Waals surface area contributed by atoms with Gasteiger partial charge in [0.25, 0.3) is 0 Å². The van der Waals surface area contributed by atoms with Crippen LogP contribution >= 0.6 is 0 Å². The van der Waals surface area contributed by atoms with Crippen LogP contribution < -0.4 is 4.74 Å². The standard InChI is InChI=1S/C31H38F3NO9/c32-31(33,34)23-10-7-11-25(16-23)42-20-24(36)14-15-27-26(28(37)17-29(27)38)12-3-1-2-4-13-30(39)43-18-21-8-5-6-9-22(21)19-44-35(40)41/h1,3,5-11,14-16,24,26-29,36-38,40-41H,2,4,12-13,17-20H2/b3-1-,15-14+/t24-,26-,27-,28+,29-/m1/s1. The quantitative estimate of drug-likeness (QED) is 0.0767. The van der Waals surface area contributed by atoms with Gasteiger partial charge in [0.05, 0.1) is 29.8 Å². The molecular formula is C31H38F3NO9. The molecule has 242 valence electrons. The molecule has 1 aliphatic rings. The van der Waals surface area contributed by atoms with E-state index in [1.807, 2.05) is 12.2 Å². The topological polar surface area (TPSA) is 149 Å². The number of ether oxygens (including phenoxy) is 2. The molecule has 0 heterocycles. The van der Waals surface area contributed by atoms with Crippen LogP contribution in [0.25, 0.3) is 0 Å². The number of aliphatic hydroxyl groups is 3. The zero-order valence-electron chi connectivity index (χ0n) is 23.9. The second-order valence-electron chi connectivity index (χ2n) is 10.5. The van der Waals surface area contributed by atoms with Gasteiger partial charge in [-0.15, -0.1) is 0 Å². The van der Waals surface area contributed by atoms with Crippen molar-refractivity contribution in [3.8, 4) is 5.75 Å². The molecule has 44 heavy (non-hydrogen) atoms. The maximum absolute atomic E-state index is 12.9. The lowest BCUT2D eigenvalue weighted by atomic mass is 9.89. The molecule has 5 N–H and O–H groups in total. The monoisotopic (exact) mass is 625 g/mol. The number of hydrogen-bond donors (Lipinski definition) is 5. The molecule has 2 aromatic carbocycles. The van der Waals surface area contributed by atoms with Gasteiger partial charge in [-0.1, -0.05) is 54.6 Å². The molecule has 3 rings (SSSR count). The number of carbonyl (C=O) groups is 1. The fourth-order valence-electron chi connectivity index (χ4n) is 4.89. The maximum Gasteiger partial charge on any atom is 0.416 e. The van der Waals surface area contributed by atoms with Gasteiger partial charge in [-0.25, -0.2) is 4.84 Å². The highest BCUT2D eigenvalue weighted by Gasteiger charge is 2.39. The summed E-state index contributed by atoms with van der Waals surface area (Å²) in [5.41, 5.74) is 0.435. The minimum absolute atomic E-state index is 0.00787. The van der Waals surface area contributed by atoms with Gasteiger partial charge in [-0.3, -0.25) is 15.2 Å². The van der Waals surface area contributed by atoms with Gasteiger partial charge in [0.15, 0.2) is 0 Å². The highest BCUT2D eigenvalue weighted by Crippen LogP contribution is 2.36. The van der Waals surface area contributed by atoms with Crippen LogP contribution in [0.3, 0.4) is 0 Å². The third-order valence-corrected chi connectivity index (χ3v) is 7.22. The number of aliphatic hydroxyl groups excluding tert-OH is 3. The van der Waals surface area contributed by atoms with Gasteiger partial charge >= 0.3 is 12.1 Å². The molecule has 0 spiro atoms. The lowest BCUT2D eigenvalue weighted by Crippen LogP contribution is -2.21. The zero-order valence-corrected chi connectivity index (χ0v) is 23.9. The molecule has 10 nitrogen and oxygen atoms in total. The maximum atomic E-state index is 12.9. The number of allylic oxidation sites excluding steroid dienone is 2. The Kier molecular flexibility index (Phi) is 13.8. The van der Waals surface area contributed by atoms with Crippen LogP contribution in [0.1, 0.15) is 48.8 Å². The zero-order chi connectivity index (χ0) is 32.1. The van der Waals surface area contributed by atoms with E-state index in [-0.39, 0.29) is 49.7 Å². The summed E-state index contributed by atoms with van der Waals surface area (Å²) in [5.74, 6) is -1.18. The highest BCUT2D eigenvalue weighted by molar-refractivity contribution is 5.69. The van der Waals surface area contributed by atoms with Crippen molar-refractivity contribution in [2.45, 2.75) is 69.8 Å². The van der Waals surface area contributed by atoms with E-state index in [1.165, 1.54) is 18.2 Å². The van der Waals surface area contributed by atoms with Gasteiger partial charge in [-0.05, 0) is 54.5 Å². The van der Waals surface area contributed by atoms with Crippen molar-refractivity contribution < 1.29 is 58.0 Å². The van der Waals surface area contributed by atoms with Crippen LogP contribution in [0, 0.1) is 11.8 Å². The largest absolute Gasteiger partial charge is 0.491 e. The molecule has 0 saturated heterocycles. The number of esters is 1. The van der Waals surface area contributed by atoms with E-state index in [1.54, 1.807) is 30.3 Å². The van der Waals surface area contributed by atoms with E-state index >= 15 is 0 Å². The number of benzene rings is 2.